The molecule has 146 valence electrons. The molecule has 1 saturated heterocycles. The summed E-state index contributed by atoms with van der Waals surface area (Å²) in [7, 11) is 0. The maximum absolute atomic E-state index is 14.3. The Kier molecular flexibility index (Phi) is 4.00. The molecule has 3 atom stereocenters. The highest BCUT2D eigenvalue weighted by molar-refractivity contribution is 5.97. The van der Waals surface area contributed by atoms with Crippen molar-refractivity contribution in [3.05, 3.63) is 47.0 Å². The quantitative estimate of drug-likeness (QED) is 0.884. The SMILES string of the molecule is O=C(O)C1C2CCCC2CN1C(=O)c1nn(-c2ccccc2F)c2c1CCC2. The molecule has 7 heteroatoms. The van der Waals surface area contributed by atoms with Gasteiger partial charge in [-0.3, -0.25) is 4.79 Å². The first-order chi connectivity index (χ1) is 13.6. The molecule has 3 aliphatic rings. The number of para-hydroxylation sites is 1. The molecule has 1 N–H and O–H groups in total. The van der Waals surface area contributed by atoms with Crippen LogP contribution in [0.25, 0.3) is 5.69 Å². The van der Waals surface area contributed by atoms with E-state index in [4.69, 9.17) is 0 Å². The summed E-state index contributed by atoms with van der Waals surface area (Å²) in [5.74, 6) is -1.37. The Balaban J connectivity index is 1.55. The number of likely N-dealkylation sites (tertiary alicyclic amines) is 1. The van der Waals surface area contributed by atoms with Crippen molar-refractivity contribution in [2.24, 2.45) is 11.8 Å². The van der Waals surface area contributed by atoms with Crippen LogP contribution < -0.4 is 0 Å². The van der Waals surface area contributed by atoms with Crippen LogP contribution >= 0.6 is 0 Å². The summed E-state index contributed by atoms with van der Waals surface area (Å²) in [5, 5.41) is 14.3. The fourth-order valence-corrected chi connectivity index (χ4v) is 5.40. The second-order valence-corrected chi connectivity index (χ2v) is 8.09. The smallest absolute Gasteiger partial charge is 0.326 e. The highest BCUT2D eigenvalue weighted by Crippen LogP contribution is 2.43. The Bertz CT molecular complexity index is 970. The molecule has 0 radical (unpaired) electrons. The lowest BCUT2D eigenvalue weighted by Crippen LogP contribution is -2.43. The number of nitrogens with zero attached hydrogens (tertiary/aromatic N) is 3. The third-order valence-corrected chi connectivity index (χ3v) is 6.62. The number of carboxylic acids is 1. The van der Waals surface area contributed by atoms with Crippen molar-refractivity contribution in [2.75, 3.05) is 6.54 Å². The van der Waals surface area contributed by atoms with Crippen LogP contribution in [0.15, 0.2) is 24.3 Å². The normalized spacial score (nSPS) is 25.8. The van der Waals surface area contributed by atoms with Gasteiger partial charge in [0, 0.05) is 17.8 Å². The summed E-state index contributed by atoms with van der Waals surface area (Å²) in [5.41, 5.74) is 2.32. The molecule has 2 heterocycles. The first-order valence-corrected chi connectivity index (χ1v) is 9.95. The van der Waals surface area contributed by atoms with Gasteiger partial charge in [0.25, 0.3) is 5.91 Å². The molecule has 1 amide bonds. The summed E-state index contributed by atoms with van der Waals surface area (Å²) in [6.07, 6.45) is 5.18. The topological polar surface area (TPSA) is 75.4 Å². The fourth-order valence-electron chi connectivity index (χ4n) is 5.40. The van der Waals surface area contributed by atoms with Crippen LogP contribution in [0.1, 0.15) is 47.4 Å². The highest BCUT2D eigenvalue weighted by atomic mass is 19.1. The first-order valence-electron chi connectivity index (χ1n) is 9.95. The van der Waals surface area contributed by atoms with Gasteiger partial charge in [-0.25, -0.2) is 13.9 Å². The molecule has 0 bridgehead atoms. The molecule has 28 heavy (non-hydrogen) atoms. The molecular formula is C21H22FN3O3. The van der Waals surface area contributed by atoms with Crippen molar-refractivity contribution in [3.63, 3.8) is 0 Å². The highest BCUT2D eigenvalue weighted by Gasteiger charge is 2.50. The molecule has 5 rings (SSSR count). The number of fused-ring (bicyclic) bond motifs is 2. The van der Waals surface area contributed by atoms with E-state index in [2.05, 4.69) is 5.10 Å². The van der Waals surface area contributed by atoms with E-state index >= 15 is 0 Å². The predicted molar refractivity (Wildman–Crippen MR) is 98.8 cm³/mol. The van der Waals surface area contributed by atoms with Gasteiger partial charge in [-0.15, -0.1) is 0 Å². The molecule has 1 saturated carbocycles. The van der Waals surface area contributed by atoms with Gasteiger partial charge in [0.05, 0.1) is 0 Å². The van der Waals surface area contributed by atoms with E-state index < -0.39 is 17.8 Å². The summed E-state index contributed by atoms with van der Waals surface area (Å²) in [6, 6.07) is 5.60. The molecule has 2 aromatic rings. The van der Waals surface area contributed by atoms with Gasteiger partial charge in [-0.05, 0) is 56.1 Å². The number of aliphatic carboxylic acids is 1. The van der Waals surface area contributed by atoms with E-state index in [1.54, 1.807) is 18.2 Å². The molecule has 6 nitrogen and oxygen atoms in total. The molecule has 1 aromatic carbocycles. The summed E-state index contributed by atoms with van der Waals surface area (Å²) < 4.78 is 15.9. The van der Waals surface area contributed by atoms with E-state index in [9.17, 15) is 19.1 Å². The van der Waals surface area contributed by atoms with Gasteiger partial charge in [0.15, 0.2) is 5.69 Å². The van der Waals surface area contributed by atoms with Gasteiger partial charge >= 0.3 is 5.97 Å². The third kappa shape index (κ3) is 2.48. The van der Waals surface area contributed by atoms with Crippen LogP contribution in [-0.2, 0) is 17.6 Å². The van der Waals surface area contributed by atoms with Crippen LogP contribution in [-0.4, -0.2) is 44.3 Å². The van der Waals surface area contributed by atoms with E-state index in [-0.39, 0.29) is 17.7 Å². The Morgan fingerprint density at radius 1 is 1.14 bits per heavy atom. The largest absolute Gasteiger partial charge is 0.480 e. The van der Waals surface area contributed by atoms with Crippen molar-refractivity contribution in [1.29, 1.82) is 0 Å². The van der Waals surface area contributed by atoms with Crippen molar-refractivity contribution in [1.82, 2.24) is 14.7 Å². The molecule has 2 fully saturated rings. The number of aromatic nitrogens is 2. The number of carbonyl (C=O) groups excluding carboxylic acids is 1. The lowest BCUT2D eigenvalue weighted by atomic mass is 9.94. The van der Waals surface area contributed by atoms with Crippen LogP contribution in [0.5, 0.6) is 0 Å². The monoisotopic (exact) mass is 383 g/mol. The molecule has 3 unspecified atom stereocenters. The van der Waals surface area contributed by atoms with Crippen molar-refractivity contribution in [3.8, 4) is 5.69 Å². The van der Waals surface area contributed by atoms with Crippen molar-refractivity contribution in [2.45, 2.75) is 44.6 Å². The number of carbonyl (C=O) groups is 2. The summed E-state index contributed by atoms with van der Waals surface area (Å²) in [6.45, 7) is 0.474. The molecule has 0 spiro atoms. The van der Waals surface area contributed by atoms with E-state index in [1.807, 2.05) is 0 Å². The Morgan fingerprint density at radius 3 is 2.75 bits per heavy atom. The predicted octanol–water partition coefficient (Wildman–Crippen LogP) is 2.83. The van der Waals surface area contributed by atoms with Gasteiger partial charge < -0.3 is 10.0 Å². The van der Waals surface area contributed by atoms with Gasteiger partial charge in [0.1, 0.15) is 17.5 Å². The standard InChI is InChI=1S/C21H22FN3O3/c22-15-8-1-2-9-17(15)25-16-10-4-7-14(16)18(23-25)20(26)24-11-12-5-3-6-13(12)19(24)21(27)28/h1-2,8-9,12-13,19H,3-7,10-11H2,(H,27,28). The van der Waals surface area contributed by atoms with E-state index in [0.29, 0.717) is 24.3 Å². The van der Waals surface area contributed by atoms with Crippen molar-refractivity contribution < 1.29 is 19.1 Å². The Morgan fingerprint density at radius 2 is 1.96 bits per heavy atom. The zero-order valence-corrected chi connectivity index (χ0v) is 15.5. The van der Waals surface area contributed by atoms with Crippen molar-refractivity contribution >= 4 is 11.9 Å². The maximum atomic E-state index is 14.3. The Labute approximate surface area is 162 Å². The lowest BCUT2D eigenvalue weighted by molar-refractivity contribution is -0.142. The minimum absolute atomic E-state index is 0.0307. The van der Waals surface area contributed by atoms with Crippen LogP contribution in [0.3, 0.4) is 0 Å². The lowest BCUT2D eigenvalue weighted by Gasteiger charge is -2.24. The van der Waals surface area contributed by atoms with Gasteiger partial charge in [-0.2, -0.15) is 5.10 Å². The average molecular weight is 383 g/mol. The number of carboxylic acid groups (broad SMARTS) is 1. The first kappa shape index (κ1) is 17.4. The fraction of sp³-hybridized carbons (Fsp3) is 0.476. The van der Waals surface area contributed by atoms with E-state index in [1.165, 1.54) is 15.6 Å². The molecular weight excluding hydrogens is 361 g/mol. The van der Waals surface area contributed by atoms with Gasteiger partial charge in [0.2, 0.25) is 0 Å². The Hall–Kier alpha value is -2.70. The van der Waals surface area contributed by atoms with Gasteiger partial charge in [-0.1, -0.05) is 18.6 Å². The number of hydrogen-bond acceptors (Lipinski definition) is 3. The third-order valence-electron chi connectivity index (χ3n) is 6.62. The minimum atomic E-state index is -0.937. The zero-order valence-electron chi connectivity index (χ0n) is 15.5. The number of rotatable bonds is 3. The zero-order chi connectivity index (χ0) is 19.4. The second kappa shape index (κ2) is 6.43. The molecule has 1 aliphatic heterocycles. The van der Waals surface area contributed by atoms with Crippen LogP contribution in [0, 0.1) is 17.7 Å². The number of hydrogen-bond donors (Lipinski definition) is 1. The number of benzene rings is 1. The number of amides is 1. The molecule has 1 aromatic heterocycles. The second-order valence-electron chi connectivity index (χ2n) is 8.09. The number of halogens is 1. The van der Waals surface area contributed by atoms with E-state index in [0.717, 1.165) is 43.4 Å². The maximum Gasteiger partial charge on any atom is 0.326 e. The summed E-state index contributed by atoms with van der Waals surface area (Å²) >= 11 is 0. The molecule has 2 aliphatic carbocycles. The van der Waals surface area contributed by atoms with Crippen LogP contribution in [0.2, 0.25) is 0 Å². The minimum Gasteiger partial charge on any atom is -0.480 e. The summed E-state index contributed by atoms with van der Waals surface area (Å²) in [4.78, 5) is 26.8. The van der Waals surface area contributed by atoms with Crippen LogP contribution in [0.4, 0.5) is 4.39 Å². The average Bonchev–Trinajstić information content (AvgIpc) is 3.41.